The summed E-state index contributed by atoms with van der Waals surface area (Å²) < 4.78 is 40.6. The molecule has 0 aromatic heterocycles. The van der Waals surface area contributed by atoms with Crippen molar-refractivity contribution in [2.24, 2.45) is 5.92 Å². The Bertz CT molecular complexity index is 482. The largest absolute Gasteiger partial charge is 0.314 e. The Kier molecular flexibility index (Phi) is 3.98. The summed E-state index contributed by atoms with van der Waals surface area (Å²) in [4.78, 5) is 2.19. The second-order valence-corrected chi connectivity index (χ2v) is 5.77. The van der Waals surface area contributed by atoms with E-state index in [1.54, 1.807) is 0 Å². The van der Waals surface area contributed by atoms with Crippen LogP contribution in [0.1, 0.15) is 30.9 Å². The van der Waals surface area contributed by atoms with Gasteiger partial charge in [-0.25, -0.2) is 13.2 Å². The molecule has 3 rings (SSSR count). The van der Waals surface area contributed by atoms with Crippen LogP contribution in [-0.2, 0) is 0 Å². The van der Waals surface area contributed by atoms with Crippen molar-refractivity contribution in [1.82, 2.24) is 10.2 Å². The van der Waals surface area contributed by atoms with Crippen LogP contribution in [-0.4, -0.2) is 31.1 Å². The van der Waals surface area contributed by atoms with Crippen LogP contribution in [0.4, 0.5) is 13.2 Å². The molecule has 0 bridgehead atoms. The van der Waals surface area contributed by atoms with Crippen molar-refractivity contribution in [3.05, 3.63) is 35.1 Å². The molecule has 1 heterocycles. The van der Waals surface area contributed by atoms with E-state index in [1.165, 1.54) is 0 Å². The Labute approximate surface area is 117 Å². The van der Waals surface area contributed by atoms with Gasteiger partial charge in [0.2, 0.25) is 0 Å². The van der Waals surface area contributed by atoms with E-state index in [2.05, 4.69) is 10.2 Å². The van der Waals surface area contributed by atoms with Gasteiger partial charge in [0.1, 0.15) is 5.82 Å². The summed E-state index contributed by atoms with van der Waals surface area (Å²) in [5.74, 6) is -2.11. The van der Waals surface area contributed by atoms with Gasteiger partial charge in [-0.05, 0) is 18.4 Å². The fraction of sp³-hybridized carbons (Fsp3) is 0.600. The van der Waals surface area contributed by atoms with Gasteiger partial charge in [-0.15, -0.1) is 0 Å². The van der Waals surface area contributed by atoms with Crippen molar-refractivity contribution >= 4 is 0 Å². The second-order valence-electron chi connectivity index (χ2n) is 5.77. The highest BCUT2D eigenvalue weighted by atomic mass is 19.2. The van der Waals surface area contributed by atoms with Crippen LogP contribution >= 0.6 is 0 Å². The summed E-state index contributed by atoms with van der Waals surface area (Å²) in [7, 11) is 0. The SMILES string of the molecule is Fc1cc(F)c([C@H](CC2CC2)N2CCNCC2)cc1F. The molecule has 0 amide bonds. The minimum atomic E-state index is -1.11. The lowest BCUT2D eigenvalue weighted by molar-refractivity contribution is 0.157. The highest BCUT2D eigenvalue weighted by Crippen LogP contribution is 2.41. The standard InChI is InChI=1S/C15H19F3N2/c16-12-9-14(18)13(17)8-11(12)15(7-10-1-2-10)20-5-3-19-4-6-20/h8-10,15,19H,1-7H2/t15-/m0/s1. The number of benzene rings is 1. The summed E-state index contributed by atoms with van der Waals surface area (Å²) in [5, 5.41) is 3.26. The van der Waals surface area contributed by atoms with Gasteiger partial charge in [0, 0.05) is 43.9 Å². The van der Waals surface area contributed by atoms with E-state index in [4.69, 9.17) is 0 Å². The fourth-order valence-electron chi connectivity index (χ4n) is 2.93. The van der Waals surface area contributed by atoms with Crippen molar-refractivity contribution in [3.63, 3.8) is 0 Å². The maximum Gasteiger partial charge on any atom is 0.161 e. The molecule has 1 aromatic carbocycles. The van der Waals surface area contributed by atoms with E-state index in [-0.39, 0.29) is 6.04 Å². The van der Waals surface area contributed by atoms with Gasteiger partial charge in [0.15, 0.2) is 11.6 Å². The Balaban J connectivity index is 1.88. The molecule has 20 heavy (non-hydrogen) atoms. The van der Waals surface area contributed by atoms with Gasteiger partial charge in [-0.2, -0.15) is 0 Å². The summed E-state index contributed by atoms with van der Waals surface area (Å²) in [5.41, 5.74) is 0.303. The molecule has 2 fully saturated rings. The first-order valence-corrected chi connectivity index (χ1v) is 7.24. The molecule has 1 aromatic rings. The van der Waals surface area contributed by atoms with E-state index in [9.17, 15) is 13.2 Å². The van der Waals surface area contributed by atoms with Gasteiger partial charge in [0.25, 0.3) is 0 Å². The molecular weight excluding hydrogens is 265 g/mol. The number of rotatable bonds is 4. The normalized spacial score (nSPS) is 21.9. The first-order chi connectivity index (χ1) is 9.65. The zero-order valence-electron chi connectivity index (χ0n) is 11.3. The number of hydrogen-bond acceptors (Lipinski definition) is 2. The molecule has 2 aliphatic rings. The minimum Gasteiger partial charge on any atom is -0.314 e. The molecule has 0 radical (unpaired) electrons. The molecule has 1 aliphatic carbocycles. The number of halogens is 3. The number of piperazine rings is 1. The highest BCUT2D eigenvalue weighted by molar-refractivity contribution is 5.24. The minimum absolute atomic E-state index is 0.139. The Hall–Kier alpha value is -1.07. The van der Waals surface area contributed by atoms with E-state index in [1.807, 2.05) is 0 Å². The maximum absolute atomic E-state index is 14.1. The van der Waals surface area contributed by atoms with Crippen LogP contribution in [0.2, 0.25) is 0 Å². The molecule has 1 saturated carbocycles. The van der Waals surface area contributed by atoms with E-state index >= 15 is 0 Å². The van der Waals surface area contributed by atoms with E-state index < -0.39 is 17.5 Å². The average Bonchev–Trinajstić information content (AvgIpc) is 3.26. The molecule has 1 N–H and O–H groups in total. The summed E-state index contributed by atoms with van der Waals surface area (Å²) >= 11 is 0. The first-order valence-electron chi connectivity index (χ1n) is 7.24. The zero-order chi connectivity index (χ0) is 14.1. The van der Waals surface area contributed by atoms with Crippen molar-refractivity contribution < 1.29 is 13.2 Å². The molecular formula is C15H19F3N2. The Morgan fingerprint density at radius 1 is 1.05 bits per heavy atom. The third kappa shape index (κ3) is 2.99. The molecule has 1 saturated heterocycles. The quantitative estimate of drug-likeness (QED) is 0.855. The van der Waals surface area contributed by atoms with Gasteiger partial charge in [-0.3, -0.25) is 4.90 Å². The van der Waals surface area contributed by atoms with Crippen molar-refractivity contribution in [2.45, 2.75) is 25.3 Å². The van der Waals surface area contributed by atoms with Crippen LogP contribution < -0.4 is 5.32 Å². The van der Waals surface area contributed by atoms with Crippen LogP contribution in [0.15, 0.2) is 12.1 Å². The van der Waals surface area contributed by atoms with E-state index in [0.29, 0.717) is 17.5 Å². The molecule has 1 atom stereocenters. The van der Waals surface area contributed by atoms with Crippen molar-refractivity contribution in [3.8, 4) is 0 Å². The summed E-state index contributed by atoms with van der Waals surface area (Å²) in [6.07, 6.45) is 3.16. The van der Waals surface area contributed by atoms with Gasteiger partial charge < -0.3 is 5.32 Å². The lowest BCUT2D eigenvalue weighted by atomic mass is 9.98. The third-order valence-corrected chi connectivity index (χ3v) is 4.24. The van der Waals surface area contributed by atoms with Gasteiger partial charge in [0.05, 0.1) is 0 Å². The maximum atomic E-state index is 14.1. The molecule has 110 valence electrons. The first kappa shape index (κ1) is 13.9. The van der Waals surface area contributed by atoms with Crippen LogP contribution in [0.25, 0.3) is 0 Å². The molecule has 1 aliphatic heterocycles. The third-order valence-electron chi connectivity index (χ3n) is 4.24. The number of nitrogens with one attached hydrogen (secondary N) is 1. The summed E-state index contributed by atoms with van der Waals surface area (Å²) in [6.45, 7) is 3.34. The highest BCUT2D eigenvalue weighted by Gasteiger charge is 2.32. The Morgan fingerprint density at radius 2 is 1.70 bits per heavy atom. The second kappa shape index (κ2) is 5.74. The lowest BCUT2D eigenvalue weighted by Gasteiger charge is -2.35. The Morgan fingerprint density at radius 3 is 2.35 bits per heavy atom. The predicted molar refractivity (Wildman–Crippen MR) is 70.8 cm³/mol. The van der Waals surface area contributed by atoms with Crippen molar-refractivity contribution in [2.75, 3.05) is 26.2 Å². The predicted octanol–water partition coefficient (Wildman–Crippen LogP) is 2.85. The molecule has 2 nitrogen and oxygen atoms in total. The molecule has 0 unspecified atom stereocenters. The van der Waals surface area contributed by atoms with Gasteiger partial charge >= 0.3 is 0 Å². The average molecular weight is 284 g/mol. The van der Waals surface area contributed by atoms with Gasteiger partial charge in [-0.1, -0.05) is 12.8 Å². The monoisotopic (exact) mass is 284 g/mol. The topological polar surface area (TPSA) is 15.3 Å². The van der Waals surface area contributed by atoms with Crippen LogP contribution in [0.3, 0.4) is 0 Å². The van der Waals surface area contributed by atoms with Crippen molar-refractivity contribution in [1.29, 1.82) is 0 Å². The number of nitrogens with zero attached hydrogens (tertiary/aromatic N) is 1. The summed E-state index contributed by atoms with van der Waals surface area (Å²) in [6, 6.07) is 1.58. The lowest BCUT2D eigenvalue weighted by Crippen LogP contribution is -2.45. The zero-order valence-corrected chi connectivity index (χ0v) is 11.3. The fourth-order valence-corrected chi connectivity index (χ4v) is 2.93. The van der Waals surface area contributed by atoms with E-state index in [0.717, 1.165) is 51.5 Å². The smallest absolute Gasteiger partial charge is 0.161 e. The van der Waals surface area contributed by atoms with Crippen LogP contribution in [0, 0.1) is 23.4 Å². The molecule has 5 heteroatoms. The molecule has 0 spiro atoms. The van der Waals surface area contributed by atoms with Crippen LogP contribution in [0.5, 0.6) is 0 Å². The number of hydrogen-bond donors (Lipinski definition) is 1.